The molecular weight excluding hydrogens is 288 g/mol. The van der Waals surface area contributed by atoms with E-state index in [1.807, 2.05) is 11.6 Å². The van der Waals surface area contributed by atoms with Crippen molar-refractivity contribution in [1.82, 2.24) is 19.6 Å². The number of likely N-dealkylation sites (tertiary alicyclic amines) is 2. The molecule has 0 spiro atoms. The van der Waals surface area contributed by atoms with Crippen LogP contribution in [-0.2, 0) is 4.79 Å². The van der Waals surface area contributed by atoms with Crippen LogP contribution in [0.2, 0.25) is 0 Å². The quantitative estimate of drug-likeness (QED) is 0.856. The van der Waals surface area contributed by atoms with E-state index in [1.54, 1.807) is 0 Å². The van der Waals surface area contributed by atoms with Gasteiger partial charge in [0.2, 0.25) is 5.91 Å². The van der Waals surface area contributed by atoms with Crippen LogP contribution >= 0.6 is 0 Å². The summed E-state index contributed by atoms with van der Waals surface area (Å²) in [7, 11) is 2.21. The van der Waals surface area contributed by atoms with Crippen molar-refractivity contribution in [2.45, 2.75) is 71.0 Å². The monoisotopic (exact) mass is 318 g/mol. The van der Waals surface area contributed by atoms with Gasteiger partial charge in [-0.05, 0) is 66.1 Å². The van der Waals surface area contributed by atoms with Crippen molar-refractivity contribution in [2.75, 3.05) is 20.1 Å². The smallest absolute Gasteiger partial charge is 0.225 e. The number of carbonyl (C=O) groups is 1. The van der Waals surface area contributed by atoms with Crippen LogP contribution in [0.25, 0.3) is 0 Å². The number of likely N-dealkylation sites (N-methyl/N-ethyl adjacent to an activating group) is 1. The first-order valence-electron chi connectivity index (χ1n) is 9.00. The zero-order valence-electron chi connectivity index (χ0n) is 15.0. The molecule has 2 aliphatic heterocycles. The van der Waals surface area contributed by atoms with Crippen LogP contribution < -0.4 is 0 Å². The Hall–Kier alpha value is -1.36. The lowest BCUT2D eigenvalue weighted by molar-refractivity contribution is -0.133. The minimum Gasteiger partial charge on any atom is -0.338 e. The largest absolute Gasteiger partial charge is 0.338 e. The van der Waals surface area contributed by atoms with Gasteiger partial charge in [-0.15, -0.1) is 0 Å². The van der Waals surface area contributed by atoms with E-state index in [9.17, 15) is 4.79 Å². The Labute approximate surface area is 139 Å². The van der Waals surface area contributed by atoms with E-state index in [-0.39, 0.29) is 6.04 Å². The van der Waals surface area contributed by atoms with Gasteiger partial charge in [0.15, 0.2) is 0 Å². The minimum absolute atomic E-state index is 0.124. The topological polar surface area (TPSA) is 41.4 Å². The lowest BCUT2D eigenvalue weighted by atomic mass is 10.0. The third-order valence-corrected chi connectivity index (χ3v) is 5.57. The number of hydrogen-bond acceptors (Lipinski definition) is 3. The number of amides is 1. The van der Waals surface area contributed by atoms with E-state index in [2.05, 4.69) is 41.9 Å². The summed E-state index contributed by atoms with van der Waals surface area (Å²) in [5.74, 6) is 0.299. The molecule has 5 heteroatoms. The molecule has 1 amide bonds. The average Bonchev–Trinajstić information content (AvgIpc) is 3.18. The molecular formula is C18H30N4O. The van der Waals surface area contributed by atoms with E-state index in [0.29, 0.717) is 24.4 Å². The van der Waals surface area contributed by atoms with Crippen molar-refractivity contribution < 1.29 is 4.79 Å². The molecule has 2 fully saturated rings. The molecule has 2 saturated heterocycles. The second-order valence-corrected chi connectivity index (χ2v) is 7.41. The molecule has 5 nitrogen and oxygen atoms in total. The maximum atomic E-state index is 12.9. The predicted octanol–water partition coefficient (Wildman–Crippen LogP) is 2.54. The van der Waals surface area contributed by atoms with Gasteiger partial charge in [-0.3, -0.25) is 9.48 Å². The van der Waals surface area contributed by atoms with E-state index in [4.69, 9.17) is 0 Å². The maximum Gasteiger partial charge on any atom is 0.225 e. The third kappa shape index (κ3) is 3.30. The fourth-order valence-electron chi connectivity index (χ4n) is 4.47. The Bertz CT molecular complexity index is 567. The summed E-state index contributed by atoms with van der Waals surface area (Å²) in [6.45, 7) is 8.27. The van der Waals surface area contributed by atoms with Gasteiger partial charge in [0, 0.05) is 30.7 Å². The highest BCUT2D eigenvalue weighted by Crippen LogP contribution is 2.30. The number of aromatic nitrogens is 2. The zero-order valence-corrected chi connectivity index (χ0v) is 15.0. The van der Waals surface area contributed by atoms with Gasteiger partial charge in [0.25, 0.3) is 0 Å². The van der Waals surface area contributed by atoms with Crippen molar-refractivity contribution in [3.8, 4) is 0 Å². The van der Waals surface area contributed by atoms with E-state index < -0.39 is 0 Å². The van der Waals surface area contributed by atoms with Gasteiger partial charge < -0.3 is 9.80 Å². The summed E-state index contributed by atoms with van der Waals surface area (Å²) in [5, 5.41) is 4.54. The fraction of sp³-hybridized carbons (Fsp3) is 0.778. The number of aryl methyl sites for hydroxylation is 2. The van der Waals surface area contributed by atoms with Crippen molar-refractivity contribution in [3.05, 3.63) is 17.5 Å². The number of hydrogen-bond donors (Lipinski definition) is 0. The van der Waals surface area contributed by atoms with Crippen molar-refractivity contribution in [2.24, 2.45) is 0 Å². The molecule has 23 heavy (non-hydrogen) atoms. The molecule has 128 valence electrons. The van der Waals surface area contributed by atoms with Crippen molar-refractivity contribution in [3.63, 3.8) is 0 Å². The second kappa shape index (κ2) is 6.63. The first-order valence-corrected chi connectivity index (χ1v) is 9.00. The standard InChI is InChI=1S/C18H30N4O/c1-13-11-14(2)22(19-13)15(3)12-18(23)21-10-6-8-17(21)16-7-5-9-20(16)4/h11,15-17H,5-10,12H2,1-4H3. The SMILES string of the molecule is Cc1cc(C)n(C(C)CC(=O)N2CCCC2C2CCCN2C)n1. The number of nitrogens with zero attached hydrogens (tertiary/aromatic N) is 4. The lowest BCUT2D eigenvalue weighted by Crippen LogP contribution is -2.47. The molecule has 1 aromatic heterocycles. The van der Waals surface area contributed by atoms with E-state index >= 15 is 0 Å². The summed E-state index contributed by atoms with van der Waals surface area (Å²) in [4.78, 5) is 17.5. The highest BCUT2D eigenvalue weighted by Gasteiger charge is 2.38. The second-order valence-electron chi connectivity index (χ2n) is 7.41. The van der Waals surface area contributed by atoms with Crippen LogP contribution in [0.3, 0.4) is 0 Å². The predicted molar refractivity (Wildman–Crippen MR) is 91.4 cm³/mol. The lowest BCUT2D eigenvalue weighted by Gasteiger charge is -2.34. The fourth-order valence-corrected chi connectivity index (χ4v) is 4.47. The first-order chi connectivity index (χ1) is 11.0. The van der Waals surface area contributed by atoms with Crippen LogP contribution in [0, 0.1) is 13.8 Å². The number of rotatable bonds is 4. The molecule has 2 aliphatic rings. The van der Waals surface area contributed by atoms with E-state index in [0.717, 1.165) is 30.8 Å². The van der Waals surface area contributed by atoms with E-state index in [1.165, 1.54) is 19.4 Å². The molecule has 0 bridgehead atoms. The normalized spacial score (nSPS) is 26.9. The molecule has 3 unspecified atom stereocenters. The van der Waals surface area contributed by atoms with Gasteiger partial charge in [0.05, 0.1) is 11.7 Å². The highest BCUT2D eigenvalue weighted by atomic mass is 16.2. The molecule has 0 aromatic carbocycles. The molecule has 0 saturated carbocycles. The van der Waals surface area contributed by atoms with Gasteiger partial charge >= 0.3 is 0 Å². The molecule has 3 rings (SSSR count). The summed E-state index contributed by atoms with van der Waals surface area (Å²) in [5.41, 5.74) is 2.16. The first kappa shape index (κ1) is 16.5. The Morgan fingerprint density at radius 1 is 1.26 bits per heavy atom. The third-order valence-electron chi connectivity index (χ3n) is 5.57. The van der Waals surface area contributed by atoms with Crippen LogP contribution in [0.4, 0.5) is 0 Å². The molecule has 0 aliphatic carbocycles. The minimum atomic E-state index is 0.124. The molecule has 3 atom stereocenters. The molecule has 0 N–H and O–H groups in total. The molecule has 0 radical (unpaired) electrons. The Balaban J connectivity index is 1.66. The van der Waals surface area contributed by atoms with Gasteiger partial charge in [-0.1, -0.05) is 0 Å². The van der Waals surface area contributed by atoms with Gasteiger partial charge in [-0.25, -0.2) is 0 Å². The van der Waals surface area contributed by atoms with Gasteiger partial charge in [-0.2, -0.15) is 5.10 Å². The summed E-state index contributed by atoms with van der Waals surface area (Å²) in [6, 6.07) is 3.18. The molecule has 3 heterocycles. The van der Waals surface area contributed by atoms with Crippen molar-refractivity contribution in [1.29, 1.82) is 0 Å². The van der Waals surface area contributed by atoms with Crippen LogP contribution in [0.15, 0.2) is 6.07 Å². The van der Waals surface area contributed by atoms with Crippen LogP contribution in [0.5, 0.6) is 0 Å². The maximum absolute atomic E-state index is 12.9. The Morgan fingerprint density at radius 2 is 1.96 bits per heavy atom. The van der Waals surface area contributed by atoms with Crippen molar-refractivity contribution >= 4 is 5.91 Å². The molecule has 1 aromatic rings. The Kier molecular flexibility index (Phi) is 4.76. The Morgan fingerprint density at radius 3 is 2.57 bits per heavy atom. The summed E-state index contributed by atoms with van der Waals surface area (Å²) >= 11 is 0. The van der Waals surface area contributed by atoms with Gasteiger partial charge in [0.1, 0.15) is 0 Å². The average molecular weight is 318 g/mol. The summed E-state index contributed by atoms with van der Waals surface area (Å²) in [6.07, 6.45) is 5.36. The van der Waals surface area contributed by atoms with Crippen LogP contribution in [-0.4, -0.2) is 57.7 Å². The number of carbonyl (C=O) groups excluding carboxylic acids is 1. The van der Waals surface area contributed by atoms with Crippen LogP contribution in [0.1, 0.15) is 56.5 Å². The highest BCUT2D eigenvalue weighted by molar-refractivity contribution is 5.77. The summed E-state index contributed by atoms with van der Waals surface area (Å²) < 4.78 is 2.00. The zero-order chi connectivity index (χ0) is 16.6.